The summed E-state index contributed by atoms with van der Waals surface area (Å²) in [5, 5.41) is 10.1. The third kappa shape index (κ3) is 2.69. The second-order valence-electron chi connectivity index (χ2n) is 3.53. The first-order valence-corrected chi connectivity index (χ1v) is 5.94. The number of rotatable bonds is 2. The Hall–Kier alpha value is -0.720. The molecular weight excluding hydrogens is 248 g/mol. The molecule has 1 saturated heterocycles. The van der Waals surface area contributed by atoms with Crippen LogP contribution in [0.4, 0.5) is 5.69 Å². The number of nitrogens with one attached hydrogen (secondary N) is 2. The molecular formula is C9H15ClN4OS. The minimum absolute atomic E-state index is 0. The second kappa shape index (κ2) is 5.56. The van der Waals surface area contributed by atoms with Crippen molar-refractivity contribution in [1.82, 2.24) is 15.1 Å². The molecule has 0 spiro atoms. The Morgan fingerprint density at radius 3 is 3.00 bits per heavy atom. The van der Waals surface area contributed by atoms with Crippen molar-refractivity contribution in [3.05, 3.63) is 11.9 Å². The lowest BCUT2D eigenvalue weighted by atomic mass is 10.3. The van der Waals surface area contributed by atoms with E-state index in [4.69, 9.17) is 0 Å². The molecule has 0 aromatic carbocycles. The maximum Gasteiger partial charge on any atom is 0.242 e. The summed E-state index contributed by atoms with van der Waals surface area (Å²) in [7, 11) is 1.86. The Morgan fingerprint density at radius 1 is 1.75 bits per heavy atom. The molecule has 0 bridgehead atoms. The summed E-state index contributed by atoms with van der Waals surface area (Å²) in [4.78, 5) is 11.8. The number of amides is 1. The van der Waals surface area contributed by atoms with Gasteiger partial charge in [0, 0.05) is 18.7 Å². The number of nitrogens with zero attached hydrogens (tertiary/aromatic N) is 2. The van der Waals surface area contributed by atoms with Gasteiger partial charge in [-0.2, -0.15) is 5.10 Å². The largest absolute Gasteiger partial charge is 0.322 e. The van der Waals surface area contributed by atoms with Crippen molar-refractivity contribution in [2.45, 2.75) is 13.0 Å². The van der Waals surface area contributed by atoms with E-state index in [1.165, 1.54) is 0 Å². The van der Waals surface area contributed by atoms with Crippen LogP contribution in [0.25, 0.3) is 0 Å². The minimum Gasteiger partial charge on any atom is -0.322 e. The first-order valence-electron chi connectivity index (χ1n) is 4.79. The predicted molar refractivity (Wildman–Crippen MR) is 68.1 cm³/mol. The molecule has 1 aromatic rings. The molecule has 1 aliphatic rings. The van der Waals surface area contributed by atoms with Gasteiger partial charge in [-0.15, -0.1) is 24.2 Å². The number of anilines is 1. The van der Waals surface area contributed by atoms with Crippen LogP contribution in [0.3, 0.4) is 0 Å². The summed E-state index contributed by atoms with van der Waals surface area (Å²) < 4.78 is 1.74. The zero-order valence-corrected chi connectivity index (χ0v) is 10.8. The number of thioether (sulfide) groups is 1. The molecule has 2 rings (SSSR count). The molecule has 2 N–H and O–H groups in total. The lowest BCUT2D eigenvalue weighted by Gasteiger charge is -2.09. The topological polar surface area (TPSA) is 59.0 Å². The second-order valence-corrected chi connectivity index (χ2v) is 4.56. The third-order valence-corrected chi connectivity index (χ3v) is 3.47. The number of carbonyl (C=O) groups is 1. The Morgan fingerprint density at radius 2 is 2.50 bits per heavy atom. The zero-order chi connectivity index (χ0) is 10.8. The van der Waals surface area contributed by atoms with Crippen molar-refractivity contribution in [3.63, 3.8) is 0 Å². The van der Waals surface area contributed by atoms with Crippen LogP contribution < -0.4 is 10.6 Å². The van der Waals surface area contributed by atoms with E-state index in [0.717, 1.165) is 23.0 Å². The molecule has 5 nitrogen and oxygen atoms in total. The van der Waals surface area contributed by atoms with E-state index in [2.05, 4.69) is 15.7 Å². The molecule has 1 fully saturated rings. The molecule has 2 heterocycles. The molecule has 90 valence electrons. The number of hydrogen-bond donors (Lipinski definition) is 2. The number of aryl methyl sites for hydroxylation is 1. The maximum absolute atomic E-state index is 11.8. The van der Waals surface area contributed by atoms with E-state index in [0.29, 0.717) is 0 Å². The molecule has 1 aliphatic heterocycles. The summed E-state index contributed by atoms with van der Waals surface area (Å²) in [6, 6.07) is -0.0744. The van der Waals surface area contributed by atoms with E-state index < -0.39 is 0 Å². The van der Waals surface area contributed by atoms with Gasteiger partial charge in [-0.1, -0.05) is 0 Å². The minimum atomic E-state index is -0.0744. The smallest absolute Gasteiger partial charge is 0.242 e. The van der Waals surface area contributed by atoms with Gasteiger partial charge in [-0.3, -0.25) is 14.8 Å². The molecule has 0 saturated carbocycles. The van der Waals surface area contributed by atoms with Gasteiger partial charge in [-0.25, -0.2) is 0 Å². The highest BCUT2D eigenvalue weighted by Gasteiger charge is 2.23. The van der Waals surface area contributed by atoms with Crippen molar-refractivity contribution in [2.24, 2.45) is 7.05 Å². The van der Waals surface area contributed by atoms with Gasteiger partial charge in [0.05, 0.1) is 23.6 Å². The van der Waals surface area contributed by atoms with Gasteiger partial charge >= 0.3 is 0 Å². The molecule has 16 heavy (non-hydrogen) atoms. The normalized spacial score (nSPS) is 19.2. The SMILES string of the molecule is Cc1c(NC(=O)C2CSCN2)cnn1C.Cl. The molecule has 0 radical (unpaired) electrons. The van der Waals surface area contributed by atoms with Crippen molar-refractivity contribution >= 4 is 35.8 Å². The Balaban J connectivity index is 0.00000128. The summed E-state index contributed by atoms with van der Waals surface area (Å²) in [6.45, 7) is 1.93. The number of hydrogen-bond acceptors (Lipinski definition) is 4. The van der Waals surface area contributed by atoms with E-state index in [1.54, 1.807) is 22.6 Å². The molecule has 0 aliphatic carbocycles. The third-order valence-electron chi connectivity index (χ3n) is 2.53. The average Bonchev–Trinajstić information content (AvgIpc) is 2.83. The molecule has 1 atom stereocenters. The van der Waals surface area contributed by atoms with Crippen molar-refractivity contribution < 1.29 is 4.79 Å². The van der Waals surface area contributed by atoms with Gasteiger partial charge in [0.2, 0.25) is 5.91 Å². The van der Waals surface area contributed by atoms with Crippen LogP contribution in [-0.4, -0.2) is 33.4 Å². The average molecular weight is 263 g/mol. The molecule has 1 amide bonds. The monoisotopic (exact) mass is 262 g/mol. The van der Waals surface area contributed by atoms with E-state index in [1.807, 2.05) is 14.0 Å². The van der Waals surface area contributed by atoms with Crippen LogP contribution in [0.1, 0.15) is 5.69 Å². The molecule has 1 unspecified atom stereocenters. The summed E-state index contributed by atoms with van der Waals surface area (Å²) in [5.74, 6) is 1.71. The van der Waals surface area contributed by atoms with Gasteiger partial charge in [0.25, 0.3) is 0 Å². The summed E-state index contributed by atoms with van der Waals surface area (Å²) >= 11 is 1.74. The van der Waals surface area contributed by atoms with Crippen LogP contribution in [0, 0.1) is 6.92 Å². The molecule has 1 aromatic heterocycles. The summed E-state index contributed by atoms with van der Waals surface area (Å²) in [6.07, 6.45) is 1.68. The van der Waals surface area contributed by atoms with Gasteiger partial charge < -0.3 is 5.32 Å². The first-order chi connectivity index (χ1) is 7.18. The quantitative estimate of drug-likeness (QED) is 0.826. The van der Waals surface area contributed by atoms with Crippen LogP contribution in [0.2, 0.25) is 0 Å². The highest BCUT2D eigenvalue weighted by Crippen LogP contribution is 2.15. The van der Waals surface area contributed by atoms with Gasteiger partial charge in [0.15, 0.2) is 0 Å². The fraction of sp³-hybridized carbons (Fsp3) is 0.556. The summed E-state index contributed by atoms with van der Waals surface area (Å²) in [5.41, 5.74) is 1.76. The van der Waals surface area contributed by atoms with E-state index >= 15 is 0 Å². The van der Waals surface area contributed by atoms with Crippen LogP contribution in [0.15, 0.2) is 6.20 Å². The number of halogens is 1. The van der Waals surface area contributed by atoms with Crippen LogP contribution in [0.5, 0.6) is 0 Å². The highest BCUT2D eigenvalue weighted by atomic mass is 35.5. The molecule has 7 heteroatoms. The highest BCUT2D eigenvalue weighted by molar-refractivity contribution is 7.99. The number of carbonyl (C=O) groups excluding carboxylic acids is 1. The number of aromatic nitrogens is 2. The Kier molecular flexibility index (Phi) is 4.64. The maximum atomic E-state index is 11.8. The lowest BCUT2D eigenvalue weighted by Crippen LogP contribution is -2.37. The van der Waals surface area contributed by atoms with Crippen LogP contribution in [-0.2, 0) is 11.8 Å². The first kappa shape index (κ1) is 13.3. The van der Waals surface area contributed by atoms with Crippen molar-refractivity contribution in [3.8, 4) is 0 Å². The lowest BCUT2D eigenvalue weighted by molar-refractivity contribution is -0.117. The van der Waals surface area contributed by atoms with Crippen molar-refractivity contribution in [2.75, 3.05) is 16.9 Å². The predicted octanol–water partition coefficient (Wildman–Crippen LogP) is 0.751. The van der Waals surface area contributed by atoms with Gasteiger partial charge in [0.1, 0.15) is 0 Å². The standard InChI is InChI=1S/C9H14N4OS.ClH/c1-6-7(3-11-13(6)2)12-9(14)8-4-15-5-10-8;/h3,8,10H,4-5H2,1-2H3,(H,12,14);1H. The Labute approximate surface area is 105 Å². The van der Waals surface area contributed by atoms with Crippen LogP contribution >= 0.6 is 24.2 Å². The van der Waals surface area contributed by atoms with E-state index in [9.17, 15) is 4.79 Å². The fourth-order valence-electron chi connectivity index (χ4n) is 1.40. The zero-order valence-electron chi connectivity index (χ0n) is 9.19. The Bertz CT molecular complexity index is 376. The van der Waals surface area contributed by atoms with E-state index in [-0.39, 0.29) is 24.4 Å². The van der Waals surface area contributed by atoms with Crippen molar-refractivity contribution in [1.29, 1.82) is 0 Å². The fourth-order valence-corrected chi connectivity index (χ4v) is 2.35. The van der Waals surface area contributed by atoms with Gasteiger partial charge in [-0.05, 0) is 6.92 Å².